The molecule has 1 amide bonds. The molecule has 3 aromatic heterocycles. The van der Waals surface area contributed by atoms with E-state index in [1.54, 1.807) is 30.5 Å². The summed E-state index contributed by atoms with van der Waals surface area (Å²) >= 11 is 0. The Morgan fingerprint density at radius 1 is 1.21 bits per heavy atom. The molecule has 13 nitrogen and oxygen atoms in total. The minimum atomic E-state index is -0.328. The number of hydrogen-bond donors (Lipinski definition) is 4. The Hall–Kier alpha value is -4.10. The van der Waals surface area contributed by atoms with Gasteiger partial charge in [-0.15, -0.1) is 0 Å². The molecule has 0 radical (unpaired) electrons. The highest BCUT2D eigenvalue weighted by Gasteiger charge is 2.31. The second kappa shape index (κ2) is 10.6. The van der Waals surface area contributed by atoms with Crippen molar-refractivity contribution >= 4 is 29.2 Å². The first kappa shape index (κ1) is 26.5. The number of anilines is 4. The van der Waals surface area contributed by atoms with Crippen molar-refractivity contribution in [2.45, 2.75) is 45.3 Å². The number of fused-ring (bicyclic) bond motifs is 1. The maximum absolute atomic E-state index is 12.9. The van der Waals surface area contributed by atoms with E-state index >= 15 is 0 Å². The minimum Gasteiger partial charge on any atom is -0.363 e. The van der Waals surface area contributed by atoms with Gasteiger partial charge in [0.25, 0.3) is 11.5 Å². The van der Waals surface area contributed by atoms with Gasteiger partial charge in [0.15, 0.2) is 11.6 Å². The zero-order valence-electron chi connectivity index (χ0n) is 22.9. The number of amides is 1. The Morgan fingerprint density at radius 2 is 2.03 bits per heavy atom. The fraction of sp³-hybridized carbons (Fsp3) is 0.462. The van der Waals surface area contributed by atoms with Gasteiger partial charge in [0.05, 0.1) is 22.5 Å². The number of hydrazine groups is 1. The van der Waals surface area contributed by atoms with Crippen LogP contribution in [0, 0.1) is 6.92 Å². The summed E-state index contributed by atoms with van der Waals surface area (Å²) in [6, 6.07) is 4.83. The average molecular weight is 534 g/mol. The fourth-order valence-electron chi connectivity index (χ4n) is 4.98. The lowest BCUT2D eigenvalue weighted by Crippen LogP contribution is -2.43. The number of likely N-dealkylation sites (tertiary alicyclic amines) is 1. The van der Waals surface area contributed by atoms with E-state index in [2.05, 4.69) is 60.2 Å². The number of nitrogens with one attached hydrogen (secondary N) is 4. The molecule has 1 unspecified atom stereocenters. The summed E-state index contributed by atoms with van der Waals surface area (Å²) in [5.41, 5.74) is 6.13. The third-order valence-corrected chi connectivity index (χ3v) is 7.34. The van der Waals surface area contributed by atoms with Gasteiger partial charge < -0.3 is 16.0 Å². The number of rotatable bonds is 8. The highest BCUT2D eigenvalue weighted by molar-refractivity contribution is 5.94. The second-order valence-electron chi connectivity index (χ2n) is 10.6. The Bertz CT molecular complexity index is 1440. The Balaban J connectivity index is 1.25. The Kier molecular flexibility index (Phi) is 7.19. The summed E-state index contributed by atoms with van der Waals surface area (Å²) in [5.74, 6) is 1.34. The van der Waals surface area contributed by atoms with E-state index in [1.807, 2.05) is 20.0 Å². The van der Waals surface area contributed by atoms with E-state index in [4.69, 9.17) is 0 Å². The van der Waals surface area contributed by atoms with Crippen LogP contribution in [0.3, 0.4) is 0 Å². The van der Waals surface area contributed by atoms with Crippen LogP contribution < -0.4 is 31.9 Å². The van der Waals surface area contributed by atoms with E-state index in [9.17, 15) is 9.59 Å². The zero-order valence-corrected chi connectivity index (χ0v) is 22.9. The van der Waals surface area contributed by atoms with E-state index in [0.29, 0.717) is 29.7 Å². The van der Waals surface area contributed by atoms with Gasteiger partial charge in [0.2, 0.25) is 5.95 Å². The molecule has 4 N–H and O–H groups in total. The molecule has 2 aliphatic rings. The molecule has 3 aromatic rings. The molecular weight excluding hydrogens is 498 g/mol. The van der Waals surface area contributed by atoms with Crippen LogP contribution in [-0.4, -0.2) is 67.8 Å². The topological polar surface area (TPSA) is 145 Å². The van der Waals surface area contributed by atoms with Gasteiger partial charge in [-0.2, -0.15) is 10.1 Å². The van der Waals surface area contributed by atoms with Gasteiger partial charge in [-0.05, 0) is 52.3 Å². The number of aromatic nitrogens is 5. The van der Waals surface area contributed by atoms with E-state index in [-0.39, 0.29) is 23.2 Å². The molecule has 206 valence electrons. The lowest BCUT2D eigenvalue weighted by molar-refractivity contribution is 0.0940. The quantitative estimate of drug-likeness (QED) is 0.336. The molecule has 2 aliphatic heterocycles. The monoisotopic (exact) mass is 533 g/mol. The van der Waals surface area contributed by atoms with Gasteiger partial charge in [-0.3, -0.25) is 24.5 Å². The predicted molar refractivity (Wildman–Crippen MR) is 149 cm³/mol. The zero-order chi connectivity index (χ0) is 27.7. The van der Waals surface area contributed by atoms with Crippen molar-refractivity contribution in [1.82, 2.24) is 40.4 Å². The molecule has 5 rings (SSSR count). The van der Waals surface area contributed by atoms with E-state index in [1.165, 1.54) is 23.6 Å². The van der Waals surface area contributed by atoms with Crippen molar-refractivity contribution in [2.75, 3.05) is 42.3 Å². The van der Waals surface area contributed by atoms with Crippen LogP contribution in [0.4, 0.5) is 23.3 Å². The Labute approximate surface area is 227 Å². The largest absolute Gasteiger partial charge is 0.363 e. The number of nitrogens with zero attached hydrogens (tertiary/aromatic N) is 7. The van der Waals surface area contributed by atoms with Crippen LogP contribution in [-0.2, 0) is 7.05 Å². The SMILES string of the molecule is Cc1ncc(C(=O)NCCN2CCCC2(C)C)cc1NC1NN(C)c2nc(Nc3ccc(=O)n(C)n3)ncc21. The normalized spacial score (nSPS) is 18.2. The van der Waals surface area contributed by atoms with Crippen LogP contribution in [0.25, 0.3) is 0 Å². The molecule has 5 heterocycles. The maximum Gasteiger partial charge on any atom is 0.266 e. The number of carbonyl (C=O) groups is 1. The third kappa shape index (κ3) is 5.68. The molecule has 1 saturated heterocycles. The van der Waals surface area contributed by atoms with Gasteiger partial charge in [-0.25, -0.2) is 15.1 Å². The minimum absolute atomic E-state index is 0.148. The van der Waals surface area contributed by atoms with Crippen LogP contribution >= 0.6 is 0 Å². The van der Waals surface area contributed by atoms with Gasteiger partial charge >= 0.3 is 0 Å². The fourth-order valence-corrected chi connectivity index (χ4v) is 4.98. The van der Waals surface area contributed by atoms with Crippen molar-refractivity contribution in [3.8, 4) is 0 Å². The smallest absolute Gasteiger partial charge is 0.266 e. The first-order chi connectivity index (χ1) is 18.6. The highest BCUT2D eigenvalue weighted by Crippen LogP contribution is 2.32. The molecule has 0 spiro atoms. The molecule has 0 saturated carbocycles. The van der Waals surface area contributed by atoms with Gasteiger partial charge in [-0.1, -0.05) is 0 Å². The van der Waals surface area contributed by atoms with Crippen molar-refractivity contribution in [2.24, 2.45) is 7.05 Å². The molecule has 39 heavy (non-hydrogen) atoms. The molecule has 0 bridgehead atoms. The summed E-state index contributed by atoms with van der Waals surface area (Å²) in [6.07, 6.45) is 5.37. The van der Waals surface area contributed by atoms with Crippen molar-refractivity contribution in [3.63, 3.8) is 0 Å². The average Bonchev–Trinajstić information content (AvgIpc) is 3.40. The summed E-state index contributed by atoms with van der Waals surface area (Å²) in [7, 11) is 3.44. The van der Waals surface area contributed by atoms with Gasteiger partial charge in [0, 0.05) is 51.2 Å². The summed E-state index contributed by atoms with van der Waals surface area (Å²) in [5, 5.41) is 15.5. The van der Waals surface area contributed by atoms with Crippen molar-refractivity contribution < 1.29 is 4.79 Å². The summed E-state index contributed by atoms with van der Waals surface area (Å²) in [4.78, 5) is 40.4. The molecular formula is C26H35N11O2. The molecule has 13 heteroatoms. The molecule has 1 atom stereocenters. The standard InChI is InChI=1S/C26H35N11O2/c1-16-19(13-17(14-28-16)24(39)27-10-12-37-11-6-9-26(37,2)3)30-22-18-15-29-25(32-23(18)36(5)34-22)31-20-7-8-21(38)35(4)33-20/h7-8,13-15,22,30,34H,6,9-12H2,1-5H3,(H,27,39)(H,29,31,32,33). The van der Waals surface area contributed by atoms with Crippen LogP contribution in [0.1, 0.15) is 54.5 Å². The third-order valence-electron chi connectivity index (χ3n) is 7.34. The van der Waals surface area contributed by atoms with Crippen molar-refractivity contribution in [1.29, 1.82) is 0 Å². The second-order valence-corrected chi connectivity index (χ2v) is 10.6. The molecule has 0 aliphatic carbocycles. The number of hydrogen-bond acceptors (Lipinski definition) is 11. The lowest BCUT2D eigenvalue weighted by Gasteiger charge is -2.31. The lowest BCUT2D eigenvalue weighted by atomic mass is 10.0. The van der Waals surface area contributed by atoms with Crippen LogP contribution in [0.2, 0.25) is 0 Å². The van der Waals surface area contributed by atoms with E-state index < -0.39 is 0 Å². The molecule has 1 fully saturated rings. The maximum atomic E-state index is 12.9. The van der Waals surface area contributed by atoms with E-state index in [0.717, 1.165) is 30.0 Å². The first-order valence-electron chi connectivity index (χ1n) is 13.1. The Morgan fingerprint density at radius 3 is 2.77 bits per heavy atom. The highest BCUT2D eigenvalue weighted by atomic mass is 16.1. The summed E-state index contributed by atoms with van der Waals surface area (Å²) < 4.78 is 1.24. The van der Waals surface area contributed by atoms with Crippen LogP contribution in [0.15, 0.2) is 35.4 Å². The van der Waals surface area contributed by atoms with Crippen LogP contribution in [0.5, 0.6) is 0 Å². The molecule has 0 aromatic carbocycles. The number of carbonyl (C=O) groups excluding carboxylic acids is 1. The number of aryl methyl sites for hydroxylation is 2. The van der Waals surface area contributed by atoms with Gasteiger partial charge in [0.1, 0.15) is 6.17 Å². The first-order valence-corrected chi connectivity index (χ1v) is 13.1. The van der Waals surface area contributed by atoms with Crippen molar-refractivity contribution in [3.05, 3.63) is 57.8 Å². The number of pyridine rings is 1. The summed E-state index contributed by atoms with van der Waals surface area (Å²) in [6.45, 7) is 8.88. The predicted octanol–water partition coefficient (Wildman–Crippen LogP) is 1.69.